The lowest BCUT2D eigenvalue weighted by atomic mass is 9.95. The summed E-state index contributed by atoms with van der Waals surface area (Å²) in [5.74, 6) is 0.539. The molecule has 0 radical (unpaired) electrons. The molecule has 1 unspecified atom stereocenters. The lowest BCUT2D eigenvalue weighted by Gasteiger charge is -2.11. The maximum Gasteiger partial charge on any atom is -0.00136 e. The molecule has 0 heteroatoms. The zero-order chi connectivity index (χ0) is 18.5. The Hall–Kier alpha value is -1.56. The van der Waals surface area contributed by atoms with Gasteiger partial charge in [-0.15, -0.1) is 0 Å². The van der Waals surface area contributed by atoms with Crippen molar-refractivity contribution in [3.05, 3.63) is 70.9 Å². The minimum absolute atomic E-state index is 0.539. The largest absolute Gasteiger partial charge is 0.0856 e. The van der Waals surface area contributed by atoms with Gasteiger partial charge in [0.15, 0.2) is 0 Å². The molecule has 25 heavy (non-hydrogen) atoms. The quantitative estimate of drug-likeness (QED) is 0.352. The van der Waals surface area contributed by atoms with Crippen molar-refractivity contribution in [3.8, 4) is 0 Å². The Bertz CT molecular complexity index is 557. The Morgan fingerprint density at radius 3 is 2.28 bits per heavy atom. The molecule has 0 nitrogen and oxygen atoms in total. The molecule has 0 saturated carbocycles. The summed E-state index contributed by atoms with van der Waals surface area (Å²) in [6.45, 7) is 11.2. The van der Waals surface area contributed by atoms with Gasteiger partial charge in [0.05, 0.1) is 0 Å². The highest BCUT2D eigenvalue weighted by molar-refractivity contribution is 5.27. The summed E-state index contributed by atoms with van der Waals surface area (Å²) in [5.41, 5.74) is 5.91. The third-order valence-corrected chi connectivity index (χ3v) is 4.70. The summed E-state index contributed by atoms with van der Waals surface area (Å²) in [7, 11) is 0. The zero-order valence-electron chi connectivity index (χ0n) is 17.1. The van der Waals surface area contributed by atoms with E-state index in [9.17, 15) is 0 Å². The van der Waals surface area contributed by atoms with Crippen molar-refractivity contribution in [1.82, 2.24) is 0 Å². The molecule has 0 spiro atoms. The average Bonchev–Trinajstić information content (AvgIpc) is 2.59. The second-order valence-electron chi connectivity index (χ2n) is 7.60. The first kappa shape index (κ1) is 21.5. The lowest BCUT2D eigenvalue weighted by Crippen LogP contribution is -1.95. The second-order valence-corrected chi connectivity index (χ2v) is 7.60. The van der Waals surface area contributed by atoms with Crippen LogP contribution in [0, 0.1) is 5.92 Å². The first-order valence-corrected chi connectivity index (χ1v) is 9.97. The molecule has 1 atom stereocenters. The number of hydrogen-bond acceptors (Lipinski definition) is 0. The first-order chi connectivity index (χ1) is 12.0. The minimum atomic E-state index is 0.539. The normalized spacial score (nSPS) is 16.9. The molecule has 1 rings (SSSR count). The van der Waals surface area contributed by atoms with Gasteiger partial charge in [0, 0.05) is 0 Å². The molecule has 1 aliphatic carbocycles. The van der Waals surface area contributed by atoms with Crippen LogP contribution in [-0.2, 0) is 0 Å². The molecule has 0 aromatic carbocycles. The molecular formula is C25H38. The molecule has 0 N–H and O–H groups in total. The third-order valence-electron chi connectivity index (χ3n) is 4.70. The Kier molecular flexibility index (Phi) is 11.0. The molecule has 0 aliphatic heterocycles. The van der Waals surface area contributed by atoms with E-state index < -0.39 is 0 Å². The smallest absolute Gasteiger partial charge is 0.00136 e. The van der Waals surface area contributed by atoms with E-state index in [2.05, 4.69) is 83.2 Å². The predicted octanol–water partition coefficient (Wildman–Crippen LogP) is 8.26. The molecule has 0 amide bonds. The SMILES string of the molecule is CC(C)=CCC/C(C)=C/CC/C(C)=C/C/C=C/C(C)C1=CCCC=C1. The van der Waals surface area contributed by atoms with Gasteiger partial charge in [-0.25, -0.2) is 0 Å². The van der Waals surface area contributed by atoms with E-state index in [0.717, 1.165) is 6.42 Å². The second kappa shape index (κ2) is 12.8. The Morgan fingerprint density at radius 2 is 1.64 bits per heavy atom. The van der Waals surface area contributed by atoms with Crippen LogP contribution in [0.1, 0.15) is 79.6 Å². The maximum atomic E-state index is 2.41. The summed E-state index contributed by atoms with van der Waals surface area (Å²) >= 11 is 0. The van der Waals surface area contributed by atoms with Crippen molar-refractivity contribution in [2.75, 3.05) is 0 Å². The molecule has 0 fully saturated rings. The summed E-state index contributed by atoms with van der Waals surface area (Å²) in [6.07, 6.45) is 26.9. The highest BCUT2D eigenvalue weighted by Crippen LogP contribution is 2.19. The van der Waals surface area contributed by atoms with Crippen molar-refractivity contribution in [2.24, 2.45) is 5.92 Å². The van der Waals surface area contributed by atoms with Crippen LogP contribution < -0.4 is 0 Å². The fourth-order valence-corrected chi connectivity index (χ4v) is 2.97. The van der Waals surface area contributed by atoms with Crippen LogP contribution in [0.15, 0.2) is 70.9 Å². The van der Waals surface area contributed by atoms with Gasteiger partial charge in [-0.05, 0) is 84.1 Å². The molecular weight excluding hydrogens is 300 g/mol. The van der Waals surface area contributed by atoms with Crippen molar-refractivity contribution < 1.29 is 0 Å². The molecule has 138 valence electrons. The van der Waals surface area contributed by atoms with E-state index in [0.29, 0.717) is 5.92 Å². The van der Waals surface area contributed by atoms with E-state index in [1.807, 2.05) is 0 Å². The minimum Gasteiger partial charge on any atom is -0.0856 e. The molecule has 0 aromatic rings. The summed E-state index contributed by atoms with van der Waals surface area (Å²) in [4.78, 5) is 0. The Balaban J connectivity index is 2.26. The highest BCUT2D eigenvalue weighted by Gasteiger charge is 2.03. The van der Waals surface area contributed by atoms with Gasteiger partial charge in [-0.2, -0.15) is 0 Å². The monoisotopic (exact) mass is 338 g/mol. The van der Waals surface area contributed by atoms with E-state index in [1.165, 1.54) is 60.8 Å². The molecule has 0 aromatic heterocycles. The van der Waals surface area contributed by atoms with Crippen LogP contribution in [0.3, 0.4) is 0 Å². The third kappa shape index (κ3) is 10.8. The average molecular weight is 339 g/mol. The van der Waals surface area contributed by atoms with Crippen molar-refractivity contribution >= 4 is 0 Å². The van der Waals surface area contributed by atoms with E-state index in [1.54, 1.807) is 0 Å². The Labute approximate surface area is 156 Å². The van der Waals surface area contributed by atoms with Crippen LogP contribution in [0.2, 0.25) is 0 Å². The van der Waals surface area contributed by atoms with Crippen molar-refractivity contribution in [1.29, 1.82) is 0 Å². The maximum absolute atomic E-state index is 2.41. The standard InChI is InChI=1S/C25H38/c1-21(2)13-11-15-23(4)17-12-16-22(3)14-9-10-18-24(5)25-19-7-6-8-20-25/h7,10,13-14,17-20,24H,6,8-9,11-12,15-16H2,1-5H3/b18-10+,22-14+,23-17+. The molecule has 0 saturated heterocycles. The molecule has 0 bridgehead atoms. The van der Waals surface area contributed by atoms with E-state index in [-0.39, 0.29) is 0 Å². The summed E-state index contributed by atoms with van der Waals surface area (Å²) < 4.78 is 0. The number of allylic oxidation sites excluding steroid dienone is 12. The van der Waals surface area contributed by atoms with Crippen LogP contribution in [0.25, 0.3) is 0 Å². The van der Waals surface area contributed by atoms with Crippen LogP contribution in [-0.4, -0.2) is 0 Å². The van der Waals surface area contributed by atoms with Crippen LogP contribution in [0.5, 0.6) is 0 Å². The van der Waals surface area contributed by atoms with Gasteiger partial charge < -0.3 is 0 Å². The molecule has 1 aliphatic rings. The Morgan fingerprint density at radius 1 is 0.960 bits per heavy atom. The van der Waals surface area contributed by atoms with Crippen molar-refractivity contribution in [2.45, 2.75) is 79.6 Å². The van der Waals surface area contributed by atoms with Gasteiger partial charge in [-0.1, -0.05) is 72.3 Å². The summed E-state index contributed by atoms with van der Waals surface area (Å²) in [5, 5.41) is 0. The first-order valence-electron chi connectivity index (χ1n) is 9.97. The van der Waals surface area contributed by atoms with Crippen molar-refractivity contribution in [3.63, 3.8) is 0 Å². The lowest BCUT2D eigenvalue weighted by molar-refractivity contribution is 0.853. The number of hydrogen-bond donors (Lipinski definition) is 0. The fourth-order valence-electron chi connectivity index (χ4n) is 2.97. The van der Waals surface area contributed by atoms with Gasteiger partial charge in [0.1, 0.15) is 0 Å². The van der Waals surface area contributed by atoms with E-state index >= 15 is 0 Å². The van der Waals surface area contributed by atoms with Crippen LogP contribution >= 0.6 is 0 Å². The fraction of sp³-hybridized carbons (Fsp3) is 0.520. The van der Waals surface area contributed by atoms with Crippen LogP contribution in [0.4, 0.5) is 0 Å². The van der Waals surface area contributed by atoms with Gasteiger partial charge in [0.25, 0.3) is 0 Å². The topological polar surface area (TPSA) is 0 Å². The summed E-state index contributed by atoms with van der Waals surface area (Å²) in [6, 6.07) is 0. The van der Waals surface area contributed by atoms with Gasteiger partial charge >= 0.3 is 0 Å². The van der Waals surface area contributed by atoms with E-state index in [4.69, 9.17) is 0 Å². The predicted molar refractivity (Wildman–Crippen MR) is 115 cm³/mol. The number of rotatable bonds is 10. The zero-order valence-corrected chi connectivity index (χ0v) is 17.1. The molecule has 0 heterocycles. The highest BCUT2D eigenvalue weighted by atomic mass is 14.1. The van der Waals surface area contributed by atoms with Gasteiger partial charge in [0.2, 0.25) is 0 Å². The van der Waals surface area contributed by atoms with Gasteiger partial charge in [-0.3, -0.25) is 0 Å².